The van der Waals surface area contributed by atoms with Gasteiger partial charge in [0.2, 0.25) is 0 Å². The molecule has 0 aliphatic heterocycles. The van der Waals surface area contributed by atoms with Gasteiger partial charge in [0.15, 0.2) is 0 Å². The van der Waals surface area contributed by atoms with Crippen LogP contribution in [0, 0.1) is 17.3 Å². The Morgan fingerprint density at radius 1 is 1.11 bits per heavy atom. The van der Waals surface area contributed by atoms with E-state index in [-0.39, 0.29) is 5.41 Å². The highest BCUT2D eigenvalue weighted by molar-refractivity contribution is 5.37. The van der Waals surface area contributed by atoms with Crippen molar-refractivity contribution in [1.29, 1.82) is 0 Å². The molecule has 1 fully saturated rings. The highest BCUT2D eigenvalue weighted by Crippen LogP contribution is 2.55. The Bertz CT molecular complexity index is 466. The zero-order valence-electron chi connectivity index (χ0n) is 11.6. The summed E-state index contributed by atoms with van der Waals surface area (Å²) in [6, 6.07) is 11.1. The van der Waals surface area contributed by atoms with Crippen molar-refractivity contribution < 1.29 is 0 Å². The first kappa shape index (κ1) is 12.0. The second kappa shape index (κ2) is 3.96. The third kappa shape index (κ3) is 1.73. The molecule has 1 nitrogen and oxygen atoms in total. The summed E-state index contributed by atoms with van der Waals surface area (Å²) >= 11 is 0. The molecule has 0 aromatic heterocycles. The third-order valence-electron chi connectivity index (χ3n) is 4.71. The molecule has 3 rings (SSSR count). The number of benzene rings is 1. The molecule has 0 amide bonds. The van der Waals surface area contributed by atoms with E-state index in [0.717, 1.165) is 0 Å². The van der Waals surface area contributed by atoms with Crippen LogP contribution in [0.15, 0.2) is 42.0 Å². The Morgan fingerprint density at radius 3 is 2.33 bits per heavy atom. The van der Waals surface area contributed by atoms with Crippen molar-refractivity contribution in [3.63, 3.8) is 0 Å². The van der Waals surface area contributed by atoms with Gasteiger partial charge in [-0.2, -0.15) is 0 Å². The lowest BCUT2D eigenvalue weighted by molar-refractivity contribution is 0.391. The predicted octanol–water partition coefficient (Wildman–Crippen LogP) is 3.72. The van der Waals surface area contributed by atoms with E-state index in [1.807, 2.05) is 0 Å². The quantitative estimate of drug-likeness (QED) is 0.745. The minimum Gasteiger partial charge on any atom is -0.327 e. The number of nitrogens with two attached hydrogens (primary N) is 1. The maximum absolute atomic E-state index is 6.46. The number of rotatable bonds is 1. The van der Waals surface area contributed by atoms with Crippen LogP contribution >= 0.6 is 0 Å². The van der Waals surface area contributed by atoms with Gasteiger partial charge in [-0.15, -0.1) is 0 Å². The maximum atomic E-state index is 6.46. The summed E-state index contributed by atoms with van der Waals surface area (Å²) < 4.78 is 0. The Hall–Kier alpha value is -1.08. The first-order valence-electron chi connectivity index (χ1n) is 7.01. The van der Waals surface area contributed by atoms with Gasteiger partial charge in [0.05, 0.1) is 0 Å². The monoisotopic (exact) mass is 241 g/mol. The van der Waals surface area contributed by atoms with E-state index < -0.39 is 0 Å². The standard InChI is InChI=1S/C17H23N/c1-17(2,3)14-10-12-9-13(14)15(16(12)18)11-7-5-4-6-8-11/h4-8,10,12-13,15-16H,9,18H2,1-3H3/t12-,13+,15+,16?/m0/s1. The summed E-state index contributed by atoms with van der Waals surface area (Å²) in [5.74, 6) is 1.78. The van der Waals surface area contributed by atoms with Crippen LogP contribution in [0.1, 0.15) is 38.7 Å². The normalized spacial score (nSPS) is 34.8. The number of hydrogen-bond donors (Lipinski definition) is 1. The van der Waals surface area contributed by atoms with Crippen LogP contribution < -0.4 is 5.73 Å². The van der Waals surface area contributed by atoms with Gasteiger partial charge < -0.3 is 5.73 Å². The number of allylic oxidation sites excluding steroid dienone is 1. The van der Waals surface area contributed by atoms with Crippen molar-refractivity contribution in [2.45, 2.75) is 39.2 Å². The molecule has 1 aromatic carbocycles. The molecule has 18 heavy (non-hydrogen) atoms. The second-order valence-corrected chi connectivity index (χ2v) is 6.89. The molecule has 0 heterocycles. The molecule has 2 aliphatic rings. The smallest absolute Gasteiger partial charge is 0.0177 e. The molecular formula is C17H23N. The van der Waals surface area contributed by atoms with Crippen LogP contribution in [0.4, 0.5) is 0 Å². The summed E-state index contributed by atoms with van der Waals surface area (Å²) in [4.78, 5) is 0. The Labute approximate surface area is 110 Å². The lowest BCUT2D eigenvalue weighted by Gasteiger charge is -2.35. The topological polar surface area (TPSA) is 26.0 Å². The molecule has 1 unspecified atom stereocenters. The molecule has 0 radical (unpaired) electrons. The average molecular weight is 241 g/mol. The van der Waals surface area contributed by atoms with Crippen molar-refractivity contribution in [3.05, 3.63) is 47.5 Å². The van der Waals surface area contributed by atoms with Gasteiger partial charge in [0, 0.05) is 12.0 Å². The summed E-state index contributed by atoms with van der Waals surface area (Å²) in [7, 11) is 0. The van der Waals surface area contributed by atoms with E-state index >= 15 is 0 Å². The maximum Gasteiger partial charge on any atom is 0.0177 e. The van der Waals surface area contributed by atoms with E-state index in [1.54, 1.807) is 5.57 Å². The lowest BCUT2D eigenvalue weighted by atomic mass is 9.71. The van der Waals surface area contributed by atoms with Crippen molar-refractivity contribution in [2.75, 3.05) is 0 Å². The van der Waals surface area contributed by atoms with Crippen LogP contribution in [0.5, 0.6) is 0 Å². The van der Waals surface area contributed by atoms with Crippen LogP contribution in [0.2, 0.25) is 0 Å². The molecule has 96 valence electrons. The average Bonchev–Trinajstić information content (AvgIpc) is 2.87. The predicted molar refractivity (Wildman–Crippen MR) is 76.3 cm³/mol. The Kier molecular flexibility index (Phi) is 2.63. The van der Waals surface area contributed by atoms with Crippen LogP contribution in [-0.2, 0) is 0 Å². The minimum absolute atomic E-state index is 0.284. The van der Waals surface area contributed by atoms with Gasteiger partial charge in [0.25, 0.3) is 0 Å². The molecule has 2 bridgehead atoms. The summed E-state index contributed by atoms with van der Waals surface area (Å²) in [6.07, 6.45) is 3.72. The molecule has 1 aromatic rings. The first-order valence-corrected chi connectivity index (χ1v) is 7.01. The second-order valence-electron chi connectivity index (χ2n) is 6.89. The minimum atomic E-state index is 0.284. The zero-order valence-corrected chi connectivity index (χ0v) is 11.6. The van der Waals surface area contributed by atoms with Crippen LogP contribution in [-0.4, -0.2) is 6.04 Å². The summed E-state index contributed by atoms with van der Waals surface area (Å²) in [6.45, 7) is 6.98. The van der Waals surface area contributed by atoms with E-state index in [9.17, 15) is 0 Å². The third-order valence-corrected chi connectivity index (χ3v) is 4.71. The number of fused-ring (bicyclic) bond motifs is 2. The van der Waals surface area contributed by atoms with Gasteiger partial charge in [-0.1, -0.05) is 62.8 Å². The van der Waals surface area contributed by atoms with E-state index in [1.165, 1.54) is 12.0 Å². The summed E-state index contributed by atoms with van der Waals surface area (Å²) in [5, 5.41) is 0. The van der Waals surface area contributed by atoms with Gasteiger partial charge in [0.1, 0.15) is 0 Å². The Balaban J connectivity index is 1.98. The molecule has 0 spiro atoms. The summed E-state index contributed by atoms with van der Waals surface area (Å²) in [5.41, 5.74) is 9.79. The number of hydrogen-bond acceptors (Lipinski definition) is 1. The molecule has 2 N–H and O–H groups in total. The fourth-order valence-corrected chi connectivity index (χ4v) is 3.92. The molecule has 1 heteroatoms. The van der Waals surface area contributed by atoms with Gasteiger partial charge in [-0.25, -0.2) is 0 Å². The highest BCUT2D eigenvalue weighted by atomic mass is 14.7. The van der Waals surface area contributed by atoms with Crippen molar-refractivity contribution in [1.82, 2.24) is 0 Å². The molecule has 2 aliphatic carbocycles. The molecular weight excluding hydrogens is 218 g/mol. The molecule has 0 saturated heterocycles. The first-order chi connectivity index (χ1) is 8.48. The van der Waals surface area contributed by atoms with Crippen molar-refractivity contribution in [3.8, 4) is 0 Å². The lowest BCUT2D eigenvalue weighted by Crippen LogP contribution is -2.35. The fraction of sp³-hybridized carbons (Fsp3) is 0.529. The Morgan fingerprint density at radius 2 is 1.78 bits per heavy atom. The van der Waals surface area contributed by atoms with Crippen molar-refractivity contribution >= 4 is 0 Å². The van der Waals surface area contributed by atoms with E-state index in [0.29, 0.717) is 23.8 Å². The van der Waals surface area contributed by atoms with Gasteiger partial charge in [-0.05, 0) is 29.2 Å². The molecule has 4 atom stereocenters. The molecule has 1 saturated carbocycles. The van der Waals surface area contributed by atoms with Crippen LogP contribution in [0.3, 0.4) is 0 Å². The van der Waals surface area contributed by atoms with Gasteiger partial charge in [-0.3, -0.25) is 0 Å². The largest absolute Gasteiger partial charge is 0.327 e. The SMILES string of the molecule is CC(C)(C)C1=C[C@@H]2C[C@H]1[C@@H](c1ccccc1)C2N. The van der Waals surface area contributed by atoms with Crippen molar-refractivity contribution in [2.24, 2.45) is 23.0 Å². The van der Waals surface area contributed by atoms with E-state index in [4.69, 9.17) is 5.73 Å². The fourth-order valence-electron chi connectivity index (χ4n) is 3.92. The highest BCUT2D eigenvalue weighted by Gasteiger charge is 2.49. The van der Waals surface area contributed by atoms with E-state index in [2.05, 4.69) is 57.2 Å². The zero-order chi connectivity index (χ0) is 12.9. The van der Waals surface area contributed by atoms with Gasteiger partial charge >= 0.3 is 0 Å². The van der Waals surface area contributed by atoms with Crippen LogP contribution in [0.25, 0.3) is 0 Å².